The van der Waals surface area contributed by atoms with E-state index in [0.717, 1.165) is 61.0 Å². The first-order valence-corrected chi connectivity index (χ1v) is 10.5. The van der Waals surface area contributed by atoms with Crippen LogP contribution in [0.4, 0.5) is 5.82 Å². The number of rotatable bonds is 7. The highest BCUT2D eigenvalue weighted by Crippen LogP contribution is 2.23. The number of methoxy groups -OCH3 is 1. The van der Waals surface area contributed by atoms with Crippen LogP contribution in [-0.4, -0.2) is 46.1 Å². The number of aryl methyl sites for hydroxylation is 1. The molecule has 31 heavy (non-hydrogen) atoms. The van der Waals surface area contributed by atoms with E-state index >= 15 is 0 Å². The summed E-state index contributed by atoms with van der Waals surface area (Å²) in [5, 5.41) is 7.01. The second-order valence-electron chi connectivity index (χ2n) is 7.81. The molecule has 3 heterocycles. The molecule has 0 unspecified atom stereocenters. The number of anilines is 1. The summed E-state index contributed by atoms with van der Waals surface area (Å²) in [5.74, 6) is 3.12. The molecule has 1 saturated heterocycles. The third-order valence-corrected chi connectivity index (χ3v) is 5.55. The van der Waals surface area contributed by atoms with Crippen LogP contribution < -0.4 is 10.1 Å². The first kappa shape index (κ1) is 20.8. The van der Waals surface area contributed by atoms with Gasteiger partial charge in [-0.2, -0.15) is 0 Å². The molecule has 8 nitrogen and oxygen atoms in total. The number of carbonyl (C=O) groups excluding carboxylic acids is 1. The fraction of sp³-hybridized carbons (Fsp3) is 0.391. The van der Waals surface area contributed by atoms with E-state index in [0.29, 0.717) is 18.2 Å². The molecule has 1 amide bonds. The number of nitrogens with zero attached hydrogens (tertiary/aromatic N) is 4. The molecule has 1 fully saturated rings. The molecule has 4 rings (SSSR count). The minimum atomic E-state index is -0.0853. The highest BCUT2D eigenvalue weighted by Gasteiger charge is 2.26. The second-order valence-corrected chi connectivity index (χ2v) is 7.81. The SMILES string of the molecule is COc1cccc(CNc2cc(CC3CCN(C(=O)c4ccno4)CC3)nc(C)n2)c1. The Balaban J connectivity index is 1.33. The van der Waals surface area contributed by atoms with Gasteiger partial charge in [0.1, 0.15) is 17.4 Å². The molecule has 0 spiro atoms. The van der Waals surface area contributed by atoms with Crippen molar-refractivity contribution in [1.82, 2.24) is 20.0 Å². The predicted molar refractivity (Wildman–Crippen MR) is 116 cm³/mol. The zero-order valence-corrected chi connectivity index (χ0v) is 17.9. The number of hydrogen-bond acceptors (Lipinski definition) is 7. The summed E-state index contributed by atoms with van der Waals surface area (Å²) in [6.45, 7) is 4.01. The molecule has 162 valence electrons. The number of nitrogens with one attached hydrogen (secondary N) is 1. The topological polar surface area (TPSA) is 93.4 Å². The fourth-order valence-electron chi connectivity index (χ4n) is 3.92. The van der Waals surface area contributed by atoms with Crippen molar-refractivity contribution in [3.63, 3.8) is 0 Å². The fourth-order valence-corrected chi connectivity index (χ4v) is 3.92. The highest BCUT2D eigenvalue weighted by molar-refractivity contribution is 5.91. The Morgan fingerprint density at radius 1 is 1.23 bits per heavy atom. The third kappa shape index (κ3) is 5.39. The van der Waals surface area contributed by atoms with E-state index in [1.165, 1.54) is 6.20 Å². The number of amides is 1. The Kier molecular flexibility index (Phi) is 6.45. The molecule has 0 radical (unpaired) electrons. The number of piperidine rings is 1. The van der Waals surface area contributed by atoms with E-state index in [1.54, 1.807) is 13.2 Å². The average Bonchev–Trinajstić information content (AvgIpc) is 3.32. The van der Waals surface area contributed by atoms with Crippen molar-refractivity contribution in [2.75, 3.05) is 25.5 Å². The number of benzene rings is 1. The average molecular weight is 422 g/mol. The molecule has 0 saturated carbocycles. The molecule has 2 aromatic heterocycles. The summed E-state index contributed by atoms with van der Waals surface area (Å²) >= 11 is 0. The van der Waals surface area contributed by atoms with E-state index in [-0.39, 0.29) is 5.91 Å². The summed E-state index contributed by atoms with van der Waals surface area (Å²) in [5.41, 5.74) is 2.15. The molecule has 0 atom stereocenters. The van der Waals surface area contributed by atoms with Gasteiger partial charge in [0.15, 0.2) is 0 Å². The van der Waals surface area contributed by atoms with Crippen molar-refractivity contribution < 1.29 is 14.1 Å². The van der Waals surface area contributed by atoms with Gasteiger partial charge in [0.05, 0.1) is 13.3 Å². The summed E-state index contributed by atoms with van der Waals surface area (Å²) in [7, 11) is 1.67. The van der Waals surface area contributed by atoms with E-state index < -0.39 is 0 Å². The van der Waals surface area contributed by atoms with Crippen molar-refractivity contribution >= 4 is 11.7 Å². The lowest BCUT2D eigenvalue weighted by Crippen LogP contribution is -2.38. The maximum absolute atomic E-state index is 12.4. The number of likely N-dealkylation sites (tertiary alicyclic amines) is 1. The van der Waals surface area contributed by atoms with Gasteiger partial charge >= 0.3 is 0 Å². The Morgan fingerprint density at radius 3 is 2.81 bits per heavy atom. The van der Waals surface area contributed by atoms with Crippen LogP contribution in [0.2, 0.25) is 0 Å². The van der Waals surface area contributed by atoms with Crippen molar-refractivity contribution in [1.29, 1.82) is 0 Å². The predicted octanol–water partition coefficient (Wildman–Crippen LogP) is 3.49. The van der Waals surface area contributed by atoms with Gasteiger partial charge < -0.3 is 19.5 Å². The zero-order chi connectivity index (χ0) is 21.6. The minimum absolute atomic E-state index is 0.0853. The lowest BCUT2D eigenvalue weighted by atomic mass is 9.92. The second kappa shape index (κ2) is 9.59. The lowest BCUT2D eigenvalue weighted by molar-refractivity contribution is 0.0648. The van der Waals surface area contributed by atoms with Crippen LogP contribution in [-0.2, 0) is 13.0 Å². The normalized spacial score (nSPS) is 14.5. The lowest BCUT2D eigenvalue weighted by Gasteiger charge is -2.31. The van der Waals surface area contributed by atoms with Crippen molar-refractivity contribution in [2.45, 2.75) is 32.7 Å². The van der Waals surface area contributed by atoms with Gasteiger partial charge in [-0.05, 0) is 49.8 Å². The quantitative estimate of drug-likeness (QED) is 0.624. The van der Waals surface area contributed by atoms with Gasteiger partial charge in [0, 0.05) is 37.5 Å². The van der Waals surface area contributed by atoms with Crippen LogP contribution in [0.5, 0.6) is 5.75 Å². The van der Waals surface area contributed by atoms with Crippen LogP contribution in [0.3, 0.4) is 0 Å². The summed E-state index contributed by atoms with van der Waals surface area (Å²) < 4.78 is 10.3. The van der Waals surface area contributed by atoms with Crippen molar-refractivity contribution in [2.24, 2.45) is 5.92 Å². The van der Waals surface area contributed by atoms with E-state index in [9.17, 15) is 4.79 Å². The van der Waals surface area contributed by atoms with Gasteiger partial charge in [0.2, 0.25) is 5.76 Å². The number of carbonyl (C=O) groups is 1. The van der Waals surface area contributed by atoms with Crippen LogP contribution in [0, 0.1) is 12.8 Å². The number of hydrogen-bond donors (Lipinski definition) is 1. The van der Waals surface area contributed by atoms with Crippen LogP contribution in [0.1, 0.15) is 40.5 Å². The van der Waals surface area contributed by atoms with Gasteiger partial charge in [-0.1, -0.05) is 17.3 Å². The molecule has 3 aromatic rings. The molecule has 1 aromatic carbocycles. The summed E-state index contributed by atoms with van der Waals surface area (Å²) in [4.78, 5) is 23.4. The summed E-state index contributed by atoms with van der Waals surface area (Å²) in [6.07, 6.45) is 4.25. The van der Waals surface area contributed by atoms with Crippen LogP contribution in [0.15, 0.2) is 47.1 Å². The Hall–Kier alpha value is -3.42. The van der Waals surface area contributed by atoms with E-state index in [4.69, 9.17) is 9.26 Å². The molecule has 1 aliphatic rings. The van der Waals surface area contributed by atoms with Crippen LogP contribution >= 0.6 is 0 Å². The van der Waals surface area contributed by atoms with Gasteiger partial charge in [-0.25, -0.2) is 9.97 Å². The minimum Gasteiger partial charge on any atom is -0.497 e. The maximum atomic E-state index is 12.4. The van der Waals surface area contributed by atoms with E-state index in [2.05, 4.69) is 26.5 Å². The maximum Gasteiger partial charge on any atom is 0.292 e. The molecule has 1 N–H and O–H groups in total. The van der Waals surface area contributed by atoms with Gasteiger partial charge in [0.25, 0.3) is 5.91 Å². The molecular formula is C23H27N5O3. The standard InChI is InChI=1S/C23H27N5O3/c1-16-26-19(14-22(27-16)24-15-18-4-3-5-20(13-18)30-2)12-17-7-10-28(11-8-17)23(29)21-6-9-25-31-21/h3-6,9,13-14,17H,7-8,10-12,15H2,1-2H3,(H,24,26,27). The molecule has 8 heteroatoms. The Morgan fingerprint density at radius 2 is 2.06 bits per heavy atom. The monoisotopic (exact) mass is 421 g/mol. The summed E-state index contributed by atoms with van der Waals surface area (Å²) in [6, 6.07) is 11.6. The number of ether oxygens (including phenoxy) is 1. The van der Waals surface area contributed by atoms with Crippen molar-refractivity contribution in [3.05, 3.63) is 65.4 Å². The smallest absolute Gasteiger partial charge is 0.292 e. The van der Waals surface area contributed by atoms with Gasteiger partial charge in [-0.15, -0.1) is 0 Å². The molecule has 0 bridgehead atoms. The largest absolute Gasteiger partial charge is 0.497 e. The number of aromatic nitrogens is 3. The molecular weight excluding hydrogens is 394 g/mol. The first-order chi connectivity index (χ1) is 15.1. The van der Waals surface area contributed by atoms with Crippen molar-refractivity contribution in [3.8, 4) is 5.75 Å². The Labute approximate surface area is 181 Å². The van der Waals surface area contributed by atoms with Gasteiger partial charge in [-0.3, -0.25) is 4.79 Å². The third-order valence-electron chi connectivity index (χ3n) is 5.55. The molecule has 1 aliphatic heterocycles. The van der Waals surface area contributed by atoms with Crippen LogP contribution in [0.25, 0.3) is 0 Å². The molecule has 0 aliphatic carbocycles. The zero-order valence-electron chi connectivity index (χ0n) is 17.9. The highest BCUT2D eigenvalue weighted by atomic mass is 16.5. The van der Waals surface area contributed by atoms with E-state index in [1.807, 2.05) is 36.1 Å². The Bertz CT molecular complexity index is 1010. The first-order valence-electron chi connectivity index (χ1n) is 10.5.